The van der Waals surface area contributed by atoms with Gasteiger partial charge in [-0.3, -0.25) is 14.4 Å². The number of nitrogens with two attached hydrogens (primary N) is 1. The lowest BCUT2D eigenvalue weighted by Crippen LogP contribution is -2.30. The summed E-state index contributed by atoms with van der Waals surface area (Å²) >= 11 is 1.26. The number of hydrogen-bond donors (Lipinski definition) is 3. The van der Waals surface area contributed by atoms with E-state index < -0.39 is 17.7 Å². The summed E-state index contributed by atoms with van der Waals surface area (Å²) in [4.78, 5) is 38.0. The molecule has 0 saturated heterocycles. The van der Waals surface area contributed by atoms with Crippen LogP contribution < -0.4 is 25.8 Å². The first kappa shape index (κ1) is 25.4. The van der Waals surface area contributed by atoms with Crippen molar-refractivity contribution < 1.29 is 23.9 Å². The Balaban J connectivity index is 1.93. The van der Waals surface area contributed by atoms with Gasteiger partial charge in [-0.1, -0.05) is 36.4 Å². The van der Waals surface area contributed by atoms with Crippen LogP contribution in [0.4, 0.5) is 5.69 Å². The van der Waals surface area contributed by atoms with Crippen molar-refractivity contribution in [3.63, 3.8) is 0 Å². The van der Waals surface area contributed by atoms with Crippen molar-refractivity contribution >= 4 is 41.2 Å². The summed E-state index contributed by atoms with van der Waals surface area (Å²) in [6.45, 7) is 0. The minimum atomic E-state index is -0.545. The Hall–Kier alpha value is -4.24. The zero-order valence-electron chi connectivity index (χ0n) is 19.2. The fourth-order valence-electron chi connectivity index (χ4n) is 3.14. The highest BCUT2D eigenvalue weighted by Gasteiger charge is 2.17. The summed E-state index contributed by atoms with van der Waals surface area (Å²) in [5.74, 6) is -0.416. The lowest BCUT2D eigenvalue weighted by Gasteiger charge is -2.14. The number of thioether (sulfide) groups is 1. The molecule has 3 aromatic rings. The van der Waals surface area contributed by atoms with Gasteiger partial charge in [-0.05, 0) is 42.5 Å². The van der Waals surface area contributed by atoms with Crippen LogP contribution in [0.15, 0.2) is 83.4 Å². The van der Waals surface area contributed by atoms with Gasteiger partial charge >= 0.3 is 0 Å². The Morgan fingerprint density at radius 1 is 0.943 bits per heavy atom. The number of methoxy groups -OCH3 is 2. The molecule has 0 heterocycles. The van der Waals surface area contributed by atoms with E-state index in [1.165, 1.54) is 32.1 Å². The minimum Gasteiger partial charge on any atom is -0.493 e. The number of nitrogens with one attached hydrogen (secondary N) is 2. The molecule has 0 spiro atoms. The molecule has 0 saturated carbocycles. The smallest absolute Gasteiger partial charge is 0.272 e. The summed E-state index contributed by atoms with van der Waals surface area (Å²) in [7, 11) is 3.01. The Labute approximate surface area is 207 Å². The molecule has 3 amide bonds. The number of primary amides is 1. The lowest BCUT2D eigenvalue weighted by molar-refractivity contribution is -0.115. The lowest BCUT2D eigenvalue weighted by atomic mass is 10.1. The molecular formula is C26H25N3O5S. The van der Waals surface area contributed by atoms with Crippen LogP contribution >= 0.6 is 11.8 Å². The largest absolute Gasteiger partial charge is 0.493 e. The van der Waals surface area contributed by atoms with Crippen molar-refractivity contribution in [1.82, 2.24) is 5.32 Å². The number of rotatable bonds is 10. The average molecular weight is 492 g/mol. The van der Waals surface area contributed by atoms with Crippen molar-refractivity contribution in [2.45, 2.75) is 4.90 Å². The summed E-state index contributed by atoms with van der Waals surface area (Å²) in [6, 6.07) is 20.8. The molecule has 0 aliphatic carbocycles. The van der Waals surface area contributed by atoms with Gasteiger partial charge in [-0.15, -0.1) is 11.8 Å². The molecule has 180 valence electrons. The molecule has 0 unspecified atom stereocenters. The zero-order valence-corrected chi connectivity index (χ0v) is 20.1. The summed E-state index contributed by atoms with van der Waals surface area (Å²) in [5.41, 5.74) is 6.64. The molecule has 0 radical (unpaired) electrons. The number of benzene rings is 3. The van der Waals surface area contributed by atoms with E-state index in [1.807, 2.05) is 0 Å². The van der Waals surface area contributed by atoms with Gasteiger partial charge in [-0.25, -0.2) is 0 Å². The second-order valence-electron chi connectivity index (χ2n) is 7.20. The first-order valence-electron chi connectivity index (χ1n) is 10.5. The predicted molar refractivity (Wildman–Crippen MR) is 136 cm³/mol. The van der Waals surface area contributed by atoms with Gasteiger partial charge in [0.25, 0.3) is 11.8 Å². The molecule has 4 N–H and O–H groups in total. The third-order valence-electron chi connectivity index (χ3n) is 4.74. The highest BCUT2D eigenvalue weighted by molar-refractivity contribution is 8.00. The van der Waals surface area contributed by atoms with E-state index in [0.717, 1.165) is 4.90 Å². The van der Waals surface area contributed by atoms with Gasteiger partial charge in [0.05, 0.1) is 20.0 Å². The predicted octanol–water partition coefficient (Wildman–Crippen LogP) is 3.69. The number of amides is 3. The third-order valence-corrected chi connectivity index (χ3v) is 5.75. The number of para-hydroxylation sites is 1. The molecule has 0 atom stereocenters. The fraction of sp³-hybridized carbons (Fsp3) is 0.115. The molecule has 3 rings (SSSR count). The van der Waals surface area contributed by atoms with E-state index >= 15 is 0 Å². The molecule has 9 heteroatoms. The molecule has 0 bridgehead atoms. The van der Waals surface area contributed by atoms with Crippen molar-refractivity contribution in [3.8, 4) is 11.5 Å². The fourth-order valence-corrected chi connectivity index (χ4v) is 3.83. The topological polar surface area (TPSA) is 120 Å². The van der Waals surface area contributed by atoms with Gasteiger partial charge in [0.1, 0.15) is 5.70 Å². The quantitative estimate of drug-likeness (QED) is 0.294. The third kappa shape index (κ3) is 7.12. The maximum absolute atomic E-state index is 13.3. The molecule has 0 aliphatic rings. The molecule has 0 aromatic heterocycles. The molecule has 0 aliphatic heterocycles. The SMILES string of the molecule is COc1cccc(/C=C(/NC(=O)c2ccccc2)C(=O)Nc2cccc(SCC(N)=O)c2)c1OC. The zero-order chi connectivity index (χ0) is 25.2. The Bertz CT molecular complexity index is 1240. The standard InChI is InChI=1S/C26H25N3O5S/c1-33-22-13-6-10-18(24(22)34-2)14-21(29-25(31)17-8-4-3-5-9-17)26(32)28-19-11-7-12-20(15-19)35-16-23(27)30/h3-15H,16H2,1-2H3,(H2,27,30)(H,28,32)(H,29,31)/b21-14+. The Morgan fingerprint density at radius 2 is 1.69 bits per heavy atom. The molecule has 0 fully saturated rings. The van der Waals surface area contributed by atoms with E-state index in [4.69, 9.17) is 15.2 Å². The monoisotopic (exact) mass is 491 g/mol. The van der Waals surface area contributed by atoms with Crippen LogP contribution in [0.3, 0.4) is 0 Å². The number of carbonyl (C=O) groups is 3. The van der Waals surface area contributed by atoms with Gasteiger partial charge in [-0.2, -0.15) is 0 Å². The van der Waals surface area contributed by atoms with Gasteiger partial charge < -0.3 is 25.8 Å². The molecule has 8 nitrogen and oxygen atoms in total. The molecule has 3 aromatic carbocycles. The maximum Gasteiger partial charge on any atom is 0.272 e. The van der Waals surface area contributed by atoms with E-state index in [9.17, 15) is 14.4 Å². The van der Waals surface area contributed by atoms with Crippen molar-refractivity contribution in [2.24, 2.45) is 5.73 Å². The second-order valence-corrected chi connectivity index (χ2v) is 8.25. The normalized spacial score (nSPS) is 10.9. The molecular weight excluding hydrogens is 466 g/mol. The van der Waals surface area contributed by atoms with Crippen LogP contribution in [0.1, 0.15) is 15.9 Å². The van der Waals surface area contributed by atoms with Crippen LogP contribution in [0.2, 0.25) is 0 Å². The Morgan fingerprint density at radius 3 is 2.37 bits per heavy atom. The van der Waals surface area contributed by atoms with Crippen LogP contribution in [0.25, 0.3) is 6.08 Å². The number of anilines is 1. The summed E-state index contributed by atoms with van der Waals surface area (Å²) < 4.78 is 10.8. The van der Waals surface area contributed by atoms with Crippen LogP contribution in [-0.4, -0.2) is 37.7 Å². The summed E-state index contributed by atoms with van der Waals surface area (Å²) in [5, 5.41) is 5.48. The highest BCUT2D eigenvalue weighted by Crippen LogP contribution is 2.32. The van der Waals surface area contributed by atoms with E-state index in [1.54, 1.807) is 72.8 Å². The van der Waals surface area contributed by atoms with Gasteiger partial charge in [0.2, 0.25) is 5.91 Å². The van der Waals surface area contributed by atoms with Crippen molar-refractivity contribution in [3.05, 3.63) is 89.6 Å². The number of hydrogen-bond acceptors (Lipinski definition) is 6. The maximum atomic E-state index is 13.3. The second kappa shape index (κ2) is 12.3. The van der Waals surface area contributed by atoms with Gasteiger partial charge in [0.15, 0.2) is 11.5 Å². The minimum absolute atomic E-state index is 0.000554. The van der Waals surface area contributed by atoms with Crippen molar-refractivity contribution in [2.75, 3.05) is 25.3 Å². The summed E-state index contributed by atoms with van der Waals surface area (Å²) in [6.07, 6.45) is 1.52. The number of ether oxygens (including phenoxy) is 2. The highest BCUT2D eigenvalue weighted by atomic mass is 32.2. The van der Waals surface area contributed by atoms with Crippen molar-refractivity contribution in [1.29, 1.82) is 0 Å². The first-order valence-corrected chi connectivity index (χ1v) is 11.5. The van der Waals surface area contributed by atoms with E-state index in [-0.39, 0.29) is 11.4 Å². The Kier molecular flexibility index (Phi) is 8.91. The van der Waals surface area contributed by atoms with E-state index in [2.05, 4.69) is 10.6 Å². The molecule has 35 heavy (non-hydrogen) atoms. The van der Waals surface area contributed by atoms with Crippen LogP contribution in [-0.2, 0) is 9.59 Å². The average Bonchev–Trinajstić information content (AvgIpc) is 2.87. The van der Waals surface area contributed by atoms with E-state index in [0.29, 0.717) is 28.3 Å². The first-order chi connectivity index (χ1) is 16.9. The number of carbonyl (C=O) groups excluding carboxylic acids is 3. The van der Waals surface area contributed by atoms with Crippen LogP contribution in [0, 0.1) is 0 Å². The van der Waals surface area contributed by atoms with Crippen LogP contribution in [0.5, 0.6) is 11.5 Å². The van der Waals surface area contributed by atoms with Gasteiger partial charge in [0, 0.05) is 21.7 Å².